The van der Waals surface area contributed by atoms with Crippen molar-refractivity contribution in [1.82, 2.24) is 0 Å². The van der Waals surface area contributed by atoms with Crippen molar-refractivity contribution in [1.29, 1.82) is 0 Å². The second kappa shape index (κ2) is 7.24. The van der Waals surface area contributed by atoms with E-state index in [0.29, 0.717) is 0 Å². The highest BCUT2D eigenvalue weighted by atomic mass is 79.9. The first kappa shape index (κ1) is 16.3. The highest BCUT2D eigenvalue weighted by Gasteiger charge is 2.31. The number of aryl methyl sites for hydroxylation is 1. The molecule has 0 nitrogen and oxygen atoms in total. The van der Waals surface area contributed by atoms with Gasteiger partial charge in [-0.05, 0) is 42.2 Å². The fourth-order valence-electron chi connectivity index (χ4n) is 2.38. The minimum absolute atomic E-state index is 0.0654. The summed E-state index contributed by atoms with van der Waals surface area (Å²) < 4.78 is 1.13. The summed E-state index contributed by atoms with van der Waals surface area (Å²) in [7, 11) is 0. The lowest BCUT2D eigenvalue weighted by molar-refractivity contribution is 0.549. The molecule has 0 atom stereocenters. The number of hydrogen-bond acceptors (Lipinski definition) is 0. The molecule has 0 aliphatic carbocycles. The van der Waals surface area contributed by atoms with Crippen LogP contribution in [0.15, 0.2) is 53.0 Å². The average molecular weight is 461 g/mol. The van der Waals surface area contributed by atoms with E-state index in [4.69, 9.17) is 0 Å². The molecule has 0 unspecified atom stereocenters. The highest BCUT2D eigenvalue weighted by Crippen LogP contribution is 2.34. The molecule has 0 bridgehead atoms. The van der Waals surface area contributed by atoms with Crippen LogP contribution in [0, 0.1) is 6.92 Å². The van der Waals surface area contributed by atoms with Crippen molar-refractivity contribution < 1.29 is 0 Å². The van der Waals surface area contributed by atoms with Crippen LogP contribution in [0.4, 0.5) is 0 Å². The van der Waals surface area contributed by atoms with Crippen LogP contribution >= 0.6 is 47.8 Å². The Morgan fingerprint density at radius 2 is 1.65 bits per heavy atom. The molecule has 0 amide bonds. The molecule has 0 saturated heterocycles. The standard InChI is InChI=1S/C17H17Br3/c1-13-5-2-3-6-14(13)10-17(11-18,12-19)15-7-4-8-16(20)9-15/h2-9H,10-12H2,1H3. The summed E-state index contributed by atoms with van der Waals surface area (Å²) in [5.74, 6) is 0. The molecule has 0 radical (unpaired) electrons. The van der Waals surface area contributed by atoms with E-state index in [1.165, 1.54) is 16.7 Å². The van der Waals surface area contributed by atoms with Gasteiger partial charge in [-0.3, -0.25) is 0 Å². The van der Waals surface area contributed by atoms with Crippen LogP contribution in [0.25, 0.3) is 0 Å². The number of alkyl halides is 2. The van der Waals surface area contributed by atoms with E-state index < -0.39 is 0 Å². The molecule has 0 aromatic heterocycles. The molecule has 3 heteroatoms. The zero-order valence-corrected chi connectivity index (χ0v) is 16.1. The summed E-state index contributed by atoms with van der Waals surface area (Å²) in [4.78, 5) is 0. The van der Waals surface area contributed by atoms with Gasteiger partial charge in [0.05, 0.1) is 0 Å². The summed E-state index contributed by atoms with van der Waals surface area (Å²) in [5, 5.41) is 1.85. The molecular formula is C17H17Br3. The monoisotopic (exact) mass is 458 g/mol. The SMILES string of the molecule is Cc1ccccc1CC(CBr)(CBr)c1cccc(Br)c1. The topological polar surface area (TPSA) is 0 Å². The maximum atomic E-state index is 3.73. The summed E-state index contributed by atoms with van der Waals surface area (Å²) >= 11 is 11.0. The predicted molar refractivity (Wildman–Crippen MR) is 98.3 cm³/mol. The molecule has 2 rings (SSSR count). The second-order valence-corrected chi connectivity index (χ2v) is 7.20. The van der Waals surface area contributed by atoms with Crippen molar-refractivity contribution >= 4 is 47.8 Å². The van der Waals surface area contributed by atoms with Crippen LogP contribution in [-0.2, 0) is 11.8 Å². The molecule has 2 aromatic rings. The van der Waals surface area contributed by atoms with E-state index >= 15 is 0 Å². The summed E-state index contributed by atoms with van der Waals surface area (Å²) in [6.45, 7) is 2.18. The lowest BCUT2D eigenvalue weighted by Crippen LogP contribution is -2.33. The van der Waals surface area contributed by atoms with Crippen molar-refractivity contribution in [3.05, 3.63) is 69.7 Å². The van der Waals surface area contributed by atoms with Crippen molar-refractivity contribution in [3.63, 3.8) is 0 Å². The highest BCUT2D eigenvalue weighted by molar-refractivity contribution is 9.10. The molecule has 0 fully saturated rings. The number of benzene rings is 2. The number of hydrogen-bond donors (Lipinski definition) is 0. The lowest BCUT2D eigenvalue weighted by Gasteiger charge is -2.31. The van der Waals surface area contributed by atoms with Gasteiger partial charge in [0, 0.05) is 20.5 Å². The Bertz CT molecular complexity index is 574. The van der Waals surface area contributed by atoms with Crippen LogP contribution in [0.5, 0.6) is 0 Å². The predicted octanol–water partition coefficient (Wildman–Crippen LogP) is 6.03. The molecule has 0 aliphatic rings. The van der Waals surface area contributed by atoms with E-state index in [0.717, 1.165) is 21.6 Å². The summed E-state index contributed by atoms with van der Waals surface area (Å²) in [6, 6.07) is 17.3. The van der Waals surface area contributed by atoms with Gasteiger partial charge < -0.3 is 0 Å². The van der Waals surface area contributed by atoms with Gasteiger partial charge >= 0.3 is 0 Å². The summed E-state index contributed by atoms with van der Waals surface area (Å²) in [5.41, 5.74) is 4.18. The van der Waals surface area contributed by atoms with Gasteiger partial charge in [-0.2, -0.15) is 0 Å². The Balaban J connectivity index is 2.42. The van der Waals surface area contributed by atoms with Gasteiger partial charge in [0.2, 0.25) is 0 Å². The first-order valence-corrected chi connectivity index (χ1v) is 9.57. The van der Waals surface area contributed by atoms with Crippen LogP contribution in [-0.4, -0.2) is 10.7 Å². The molecule has 20 heavy (non-hydrogen) atoms. The van der Waals surface area contributed by atoms with Crippen molar-refractivity contribution in [3.8, 4) is 0 Å². The fourth-order valence-corrected chi connectivity index (χ4v) is 4.75. The van der Waals surface area contributed by atoms with Gasteiger partial charge in [0.25, 0.3) is 0 Å². The van der Waals surface area contributed by atoms with Gasteiger partial charge in [0.15, 0.2) is 0 Å². The lowest BCUT2D eigenvalue weighted by atomic mass is 9.78. The Morgan fingerprint density at radius 1 is 0.950 bits per heavy atom. The van der Waals surface area contributed by atoms with Crippen molar-refractivity contribution in [2.75, 3.05) is 10.7 Å². The number of rotatable bonds is 5. The van der Waals surface area contributed by atoms with E-state index in [1.807, 2.05) is 0 Å². The first-order valence-electron chi connectivity index (χ1n) is 6.54. The molecular weight excluding hydrogens is 444 g/mol. The molecule has 2 aromatic carbocycles. The first-order chi connectivity index (χ1) is 9.61. The van der Waals surface area contributed by atoms with Gasteiger partial charge in [-0.25, -0.2) is 0 Å². The Hall–Kier alpha value is -0.120. The third-order valence-electron chi connectivity index (χ3n) is 3.74. The van der Waals surface area contributed by atoms with E-state index in [2.05, 4.69) is 103 Å². The van der Waals surface area contributed by atoms with Gasteiger partial charge in [-0.15, -0.1) is 0 Å². The Morgan fingerprint density at radius 3 is 2.25 bits per heavy atom. The van der Waals surface area contributed by atoms with E-state index in [1.54, 1.807) is 0 Å². The Labute approximate surface area is 146 Å². The molecule has 0 N–H and O–H groups in total. The zero-order chi connectivity index (χ0) is 14.6. The summed E-state index contributed by atoms with van der Waals surface area (Å²) in [6.07, 6.45) is 1.02. The van der Waals surface area contributed by atoms with Crippen LogP contribution in [0.1, 0.15) is 16.7 Å². The minimum atomic E-state index is 0.0654. The van der Waals surface area contributed by atoms with Gasteiger partial charge in [0.1, 0.15) is 0 Å². The number of halogens is 3. The second-order valence-electron chi connectivity index (χ2n) is 5.16. The van der Waals surface area contributed by atoms with Crippen LogP contribution < -0.4 is 0 Å². The average Bonchev–Trinajstić information content (AvgIpc) is 2.47. The van der Waals surface area contributed by atoms with E-state index in [9.17, 15) is 0 Å². The van der Waals surface area contributed by atoms with Crippen LogP contribution in [0.2, 0.25) is 0 Å². The maximum Gasteiger partial charge on any atom is 0.0187 e. The normalized spacial score (nSPS) is 11.6. The molecule has 0 spiro atoms. The third-order valence-corrected chi connectivity index (χ3v) is 6.38. The van der Waals surface area contributed by atoms with E-state index in [-0.39, 0.29) is 5.41 Å². The molecule has 106 valence electrons. The maximum absolute atomic E-state index is 3.73. The molecule has 0 saturated carbocycles. The smallest absolute Gasteiger partial charge is 0.0187 e. The van der Waals surface area contributed by atoms with Crippen molar-refractivity contribution in [2.45, 2.75) is 18.8 Å². The third kappa shape index (κ3) is 3.55. The Kier molecular flexibility index (Phi) is 5.88. The molecule has 0 heterocycles. The van der Waals surface area contributed by atoms with Gasteiger partial charge in [-0.1, -0.05) is 84.2 Å². The zero-order valence-electron chi connectivity index (χ0n) is 11.4. The minimum Gasteiger partial charge on any atom is -0.0918 e. The largest absolute Gasteiger partial charge is 0.0918 e. The quantitative estimate of drug-likeness (QED) is 0.478. The van der Waals surface area contributed by atoms with Crippen LogP contribution in [0.3, 0.4) is 0 Å². The molecule has 0 aliphatic heterocycles. The fraction of sp³-hybridized carbons (Fsp3) is 0.294. The van der Waals surface area contributed by atoms with Crippen molar-refractivity contribution in [2.24, 2.45) is 0 Å².